The minimum Gasteiger partial charge on any atom is -0.398 e. The van der Waals surface area contributed by atoms with Crippen molar-refractivity contribution in [3.05, 3.63) is 59.2 Å². The van der Waals surface area contributed by atoms with Gasteiger partial charge in [0.05, 0.1) is 16.3 Å². The van der Waals surface area contributed by atoms with Crippen molar-refractivity contribution in [1.29, 1.82) is 0 Å². The molecular weight excluding hydrogens is 284 g/mol. The summed E-state index contributed by atoms with van der Waals surface area (Å²) in [5.74, 6) is -2.20. The molecule has 0 bridgehead atoms. The summed E-state index contributed by atoms with van der Waals surface area (Å²) in [4.78, 5) is -0.0405. The van der Waals surface area contributed by atoms with Crippen molar-refractivity contribution in [3.63, 3.8) is 0 Å². The molecule has 0 aliphatic carbocycles. The molecule has 2 aromatic rings. The van der Waals surface area contributed by atoms with E-state index in [1.165, 1.54) is 12.1 Å². The highest BCUT2D eigenvalue weighted by molar-refractivity contribution is 7.90. The second-order valence-corrected chi connectivity index (χ2v) is 6.49. The number of aryl methyl sites for hydroxylation is 1. The van der Waals surface area contributed by atoms with Crippen molar-refractivity contribution in [1.82, 2.24) is 0 Å². The number of nitrogen functional groups attached to an aromatic ring is 1. The number of sulfone groups is 1. The van der Waals surface area contributed by atoms with Crippen LogP contribution in [0.25, 0.3) is 0 Å². The van der Waals surface area contributed by atoms with Crippen LogP contribution in [0.5, 0.6) is 0 Å². The summed E-state index contributed by atoms with van der Waals surface area (Å²) in [6.45, 7) is 1.73. The minimum absolute atomic E-state index is 0.0405. The molecule has 2 aromatic carbocycles. The Labute approximate surface area is 116 Å². The Morgan fingerprint density at radius 3 is 2.45 bits per heavy atom. The minimum atomic E-state index is -3.79. The third kappa shape index (κ3) is 2.96. The molecule has 0 radical (unpaired) electrons. The summed E-state index contributed by atoms with van der Waals surface area (Å²) < 4.78 is 50.9. The van der Waals surface area contributed by atoms with Gasteiger partial charge in [0.2, 0.25) is 0 Å². The lowest BCUT2D eigenvalue weighted by Crippen LogP contribution is -2.09. The summed E-state index contributed by atoms with van der Waals surface area (Å²) in [5.41, 5.74) is 6.41. The molecule has 2 rings (SSSR count). The van der Waals surface area contributed by atoms with Gasteiger partial charge in [0.15, 0.2) is 9.84 Å². The summed E-state index contributed by atoms with van der Waals surface area (Å²) in [7, 11) is -3.79. The fourth-order valence-electron chi connectivity index (χ4n) is 1.83. The van der Waals surface area contributed by atoms with Crippen LogP contribution in [0.15, 0.2) is 41.3 Å². The van der Waals surface area contributed by atoms with E-state index in [9.17, 15) is 17.2 Å². The maximum absolute atomic E-state index is 13.5. The molecule has 0 saturated heterocycles. The van der Waals surface area contributed by atoms with E-state index in [2.05, 4.69) is 0 Å². The zero-order valence-corrected chi connectivity index (χ0v) is 11.5. The van der Waals surface area contributed by atoms with E-state index in [1.807, 2.05) is 0 Å². The summed E-state index contributed by atoms with van der Waals surface area (Å²) in [6.07, 6.45) is 0. The van der Waals surface area contributed by atoms with E-state index in [0.717, 1.165) is 17.7 Å². The first kappa shape index (κ1) is 14.5. The van der Waals surface area contributed by atoms with Crippen LogP contribution in [-0.2, 0) is 15.6 Å². The monoisotopic (exact) mass is 297 g/mol. The van der Waals surface area contributed by atoms with Crippen LogP contribution >= 0.6 is 0 Å². The van der Waals surface area contributed by atoms with E-state index < -0.39 is 27.2 Å². The highest BCUT2D eigenvalue weighted by Crippen LogP contribution is 2.24. The van der Waals surface area contributed by atoms with Gasteiger partial charge in [-0.1, -0.05) is 12.1 Å². The Kier molecular flexibility index (Phi) is 3.76. The molecule has 0 unspecified atom stereocenters. The molecule has 0 saturated carbocycles. The third-order valence-electron chi connectivity index (χ3n) is 2.86. The Hall–Kier alpha value is -1.95. The van der Waals surface area contributed by atoms with Gasteiger partial charge < -0.3 is 5.73 Å². The van der Waals surface area contributed by atoms with Crippen LogP contribution < -0.4 is 5.73 Å². The first-order chi connectivity index (χ1) is 9.29. The maximum atomic E-state index is 13.5. The van der Waals surface area contributed by atoms with Gasteiger partial charge in [-0.25, -0.2) is 17.2 Å². The third-order valence-corrected chi connectivity index (χ3v) is 4.58. The highest BCUT2D eigenvalue weighted by atomic mass is 32.2. The smallest absolute Gasteiger partial charge is 0.184 e. The number of hydrogen-bond donors (Lipinski definition) is 1. The van der Waals surface area contributed by atoms with Crippen molar-refractivity contribution in [2.45, 2.75) is 17.6 Å². The van der Waals surface area contributed by atoms with Gasteiger partial charge in [0, 0.05) is 11.6 Å². The molecule has 0 aromatic heterocycles. The average molecular weight is 297 g/mol. The molecule has 6 heteroatoms. The van der Waals surface area contributed by atoms with Crippen LogP contribution in [0.2, 0.25) is 0 Å². The lowest BCUT2D eigenvalue weighted by atomic mass is 10.2. The second-order valence-electron chi connectivity index (χ2n) is 4.54. The number of hydrogen-bond acceptors (Lipinski definition) is 3. The molecule has 0 aliphatic heterocycles. The average Bonchev–Trinajstić information content (AvgIpc) is 2.35. The lowest BCUT2D eigenvalue weighted by molar-refractivity contribution is 0.569. The van der Waals surface area contributed by atoms with E-state index in [0.29, 0.717) is 6.07 Å². The molecule has 0 aliphatic rings. The second kappa shape index (κ2) is 5.20. The number of anilines is 1. The standard InChI is InChI=1S/C14H13F2NO2S/c1-9-2-5-13(17)14(6-9)20(18,19)8-10-3-4-11(15)7-12(10)16/h2-7H,8,17H2,1H3. The predicted molar refractivity (Wildman–Crippen MR) is 72.8 cm³/mol. The highest BCUT2D eigenvalue weighted by Gasteiger charge is 2.20. The van der Waals surface area contributed by atoms with Crippen molar-refractivity contribution in [3.8, 4) is 0 Å². The molecule has 0 atom stereocenters. The molecule has 0 fully saturated rings. The van der Waals surface area contributed by atoms with Gasteiger partial charge in [0.25, 0.3) is 0 Å². The summed E-state index contributed by atoms with van der Waals surface area (Å²) >= 11 is 0. The van der Waals surface area contributed by atoms with Gasteiger partial charge in [-0.3, -0.25) is 0 Å². The Morgan fingerprint density at radius 1 is 1.10 bits per heavy atom. The molecule has 0 amide bonds. The Balaban J connectivity index is 2.43. The van der Waals surface area contributed by atoms with Crippen molar-refractivity contribution in [2.75, 3.05) is 5.73 Å². The molecule has 0 spiro atoms. The molecule has 0 heterocycles. The topological polar surface area (TPSA) is 60.2 Å². The Morgan fingerprint density at radius 2 is 1.80 bits per heavy atom. The van der Waals surface area contributed by atoms with Gasteiger partial charge in [-0.15, -0.1) is 0 Å². The van der Waals surface area contributed by atoms with Crippen LogP contribution in [0.1, 0.15) is 11.1 Å². The summed E-state index contributed by atoms with van der Waals surface area (Å²) in [6, 6.07) is 7.41. The number of rotatable bonds is 3. The van der Waals surface area contributed by atoms with Crippen LogP contribution in [0.4, 0.5) is 14.5 Å². The molecule has 106 valence electrons. The first-order valence-corrected chi connectivity index (χ1v) is 7.47. The Bertz CT molecular complexity index is 758. The molecular formula is C14H13F2NO2S. The van der Waals surface area contributed by atoms with Crippen LogP contribution in [-0.4, -0.2) is 8.42 Å². The van der Waals surface area contributed by atoms with Crippen LogP contribution in [0, 0.1) is 18.6 Å². The number of benzene rings is 2. The zero-order valence-electron chi connectivity index (χ0n) is 10.7. The van der Waals surface area contributed by atoms with Gasteiger partial charge in [-0.2, -0.15) is 0 Å². The van der Waals surface area contributed by atoms with E-state index in [1.54, 1.807) is 13.0 Å². The fourth-order valence-corrected chi connectivity index (χ4v) is 3.42. The first-order valence-electron chi connectivity index (χ1n) is 5.82. The van der Waals surface area contributed by atoms with Crippen LogP contribution in [0.3, 0.4) is 0 Å². The van der Waals surface area contributed by atoms with Crippen molar-refractivity contribution >= 4 is 15.5 Å². The van der Waals surface area contributed by atoms with E-state index in [-0.39, 0.29) is 16.1 Å². The van der Waals surface area contributed by atoms with Gasteiger partial charge >= 0.3 is 0 Å². The quantitative estimate of drug-likeness (QED) is 0.886. The van der Waals surface area contributed by atoms with E-state index in [4.69, 9.17) is 5.73 Å². The zero-order chi connectivity index (χ0) is 14.9. The number of nitrogens with two attached hydrogens (primary N) is 1. The van der Waals surface area contributed by atoms with Gasteiger partial charge in [0.1, 0.15) is 11.6 Å². The lowest BCUT2D eigenvalue weighted by Gasteiger charge is -2.09. The van der Waals surface area contributed by atoms with E-state index >= 15 is 0 Å². The molecule has 3 nitrogen and oxygen atoms in total. The normalized spacial score (nSPS) is 11.6. The molecule has 20 heavy (non-hydrogen) atoms. The largest absolute Gasteiger partial charge is 0.398 e. The summed E-state index contributed by atoms with van der Waals surface area (Å²) in [5, 5.41) is 0. The SMILES string of the molecule is Cc1ccc(N)c(S(=O)(=O)Cc2ccc(F)cc2F)c1. The fraction of sp³-hybridized carbons (Fsp3) is 0.143. The predicted octanol–water partition coefficient (Wildman–Crippen LogP) is 2.83. The maximum Gasteiger partial charge on any atom is 0.184 e. The van der Waals surface area contributed by atoms with Crippen molar-refractivity contribution in [2.24, 2.45) is 0 Å². The molecule has 2 N–H and O–H groups in total. The number of halogens is 2. The van der Waals surface area contributed by atoms with Crippen molar-refractivity contribution < 1.29 is 17.2 Å². The van der Waals surface area contributed by atoms with Gasteiger partial charge in [-0.05, 0) is 30.7 Å².